The topological polar surface area (TPSA) is 40.5 Å². The summed E-state index contributed by atoms with van der Waals surface area (Å²) in [5.41, 5.74) is 0.382. The van der Waals surface area contributed by atoms with E-state index in [1.165, 1.54) is 6.42 Å². The third-order valence-corrected chi connectivity index (χ3v) is 3.28. The molecule has 0 radical (unpaired) electrons. The summed E-state index contributed by atoms with van der Waals surface area (Å²) in [7, 11) is 0. The van der Waals surface area contributed by atoms with Gasteiger partial charge in [0.15, 0.2) is 0 Å². The quantitative estimate of drug-likeness (QED) is 0.739. The molecule has 0 aromatic carbocycles. The van der Waals surface area contributed by atoms with Gasteiger partial charge in [-0.05, 0) is 44.7 Å². The van der Waals surface area contributed by atoms with E-state index >= 15 is 0 Å². The molecule has 1 unspecified atom stereocenters. The zero-order valence-electron chi connectivity index (χ0n) is 9.42. The van der Waals surface area contributed by atoms with Gasteiger partial charge in [0.2, 0.25) is 0 Å². The van der Waals surface area contributed by atoms with Crippen LogP contribution in [0.2, 0.25) is 0 Å². The average Bonchev–Trinajstić information content (AvgIpc) is 2.25. The van der Waals surface area contributed by atoms with Gasteiger partial charge in [-0.1, -0.05) is 13.8 Å². The van der Waals surface area contributed by atoms with E-state index in [0.717, 1.165) is 25.9 Å². The predicted octanol–water partition coefficient (Wildman–Crippen LogP) is 1.97. The second-order valence-electron chi connectivity index (χ2n) is 5.07. The Bertz CT molecular complexity index is 213. The molecule has 0 aromatic heterocycles. The summed E-state index contributed by atoms with van der Waals surface area (Å²) in [5.74, 6) is -0.704. The van der Waals surface area contributed by atoms with Crippen LogP contribution >= 0.6 is 0 Å². The van der Waals surface area contributed by atoms with Crippen molar-refractivity contribution < 1.29 is 9.90 Å². The van der Waals surface area contributed by atoms with Crippen LogP contribution in [0.3, 0.4) is 0 Å². The minimum atomic E-state index is -0.704. The first kappa shape index (κ1) is 11.5. The molecule has 1 fully saturated rings. The number of carbonyl (C=O) groups is 1. The first-order valence-corrected chi connectivity index (χ1v) is 5.39. The molecule has 1 saturated heterocycles. The summed E-state index contributed by atoms with van der Waals surface area (Å²) in [6, 6.07) is -0.330. The highest BCUT2D eigenvalue weighted by molar-refractivity contribution is 5.72. The fourth-order valence-electron chi connectivity index (χ4n) is 1.99. The Labute approximate surface area is 86.1 Å². The van der Waals surface area contributed by atoms with Crippen molar-refractivity contribution in [2.75, 3.05) is 13.1 Å². The van der Waals surface area contributed by atoms with E-state index in [9.17, 15) is 4.79 Å². The fraction of sp³-hybridized carbons (Fsp3) is 0.909. The van der Waals surface area contributed by atoms with Crippen LogP contribution in [0.1, 0.15) is 40.0 Å². The second-order valence-corrected chi connectivity index (χ2v) is 5.07. The standard InChI is InChI=1S/C11H21NO2/c1-9(10(13)14)12-7-4-5-11(2,3)6-8-12/h9H,4-8H2,1-3H3,(H,13,14). The molecule has 0 aromatic rings. The van der Waals surface area contributed by atoms with Gasteiger partial charge in [-0.3, -0.25) is 9.69 Å². The Morgan fingerprint density at radius 2 is 2.00 bits per heavy atom. The van der Waals surface area contributed by atoms with Crippen molar-refractivity contribution in [3.63, 3.8) is 0 Å². The normalized spacial score (nSPS) is 25.4. The maximum Gasteiger partial charge on any atom is 0.320 e. The molecule has 3 heteroatoms. The number of hydrogen-bond donors (Lipinski definition) is 1. The summed E-state index contributed by atoms with van der Waals surface area (Å²) in [5, 5.41) is 8.91. The molecule has 1 rings (SSSR count). The highest BCUT2D eigenvalue weighted by Gasteiger charge is 2.27. The Morgan fingerprint density at radius 1 is 1.36 bits per heavy atom. The van der Waals surface area contributed by atoms with Gasteiger partial charge >= 0.3 is 5.97 Å². The average molecular weight is 199 g/mol. The lowest BCUT2D eigenvalue weighted by Crippen LogP contribution is -2.39. The van der Waals surface area contributed by atoms with Crippen molar-refractivity contribution in [2.24, 2.45) is 5.41 Å². The van der Waals surface area contributed by atoms with Crippen LogP contribution in [0.4, 0.5) is 0 Å². The number of carboxylic acid groups (broad SMARTS) is 1. The van der Waals surface area contributed by atoms with E-state index < -0.39 is 5.97 Å². The molecule has 0 amide bonds. The molecule has 1 aliphatic rings. The molecule has 1 atom stereocenters. The van der Waals surface area contributed by atoms with Crippen LogP contribution < -0.4 is 0 Å². The molecule has 1 aliphatic heterocycles. The van der Waals surface area contributed by atoms with Crippen LogP contribution in [0.15, 0.2) is 0 Å². The molecule has 3 nitrogen and oxygen atoms in total. The highest BCUT2D eigenvalue weighted by Crippen LogP contribution is 2.30. The Kier molecular flexibility index (Phi) is 3.53. The molecular formula is C11H21NO2. The SMILES string of the molecule is CC(C(=O)O)N1CCCC(C)(C)CC1. The summed E-state index contributed by atoms with van der Waals surface area (Å²) in [4.78, 5) is 12.9. The first-order valence-electron chi connectivity index (χ1n) is 5.39. The van der Waals surface area contributed by atoms with Crippen LogP contribution in [0.5, 0.6) is 0 Å². The van der Waals surface area contributed by atoms with E-state index in [2.05, 4.69) is 18.7 Å². The van der Waals surface area contributed by atoms with E-state index in [-0.39, 0.29) is 6.04 Å². The number of rotatable bonds is 2. The molecule has 1 N–H and O–H groups in total. The summed E-state index contributed by atoms with van der Waals surface area (Å²) in [6.45, 7) is 8.15. The van der Waals surface area contributed by atoms with Gasteiger partial charge in [0.25, 0.3) is 0 Å². The van der Waals surface area contributed by atoms with Gasteiger partial charge in [-0.15, -0.1) is 0 Å². The summed E-state index contributed by atoms with van der Waals surface area (Å²) in [6.07, 6.45) is 3.42. The third kappa shape index (κ3) is 2.98. The monoisotopic (exact) mass is 199 g/mol. The highest BCUT2D eigenvalue weighted by atomic mass is 16.4. The Hall–Kier alpha value is -0.570. The smallest absolute Gasteiger partial charge is 0.320 e. The van der Waals surface area contributed by atoms with Gasteiger partial charge in [0, 0.05) is 0 Å². The number of aliphatic carboxylic acids is 1. The molecule has 14 heavy (non-hydrogen) atoms. The second kappa shape index (κ2) is 4.30. The van der Waals surface area contributed by atoms with E-state index in [4.69, 9.17) is 5.11 Å². The van der Waals surface area contributed by atoms with Crippen molar-refractivity contribution >= 4 is 5.97 Å². The van der Waals surface area contributed by atoms with Crippen molar-refractivity contribution in [3.05, 3.63) is 0 Å². The minimum absolute atomic E-state index is 0.330. The van der Waals surface area contributed by atoms with Gasteiger partial charge in [-0.2, -0.15) is 0 Å². The lowest BCUT2D eigenvalue weighted by atomic mass is 9.85. The van der Waals surface area contributed by atoms with Crippen LogP contribution in [-0.2, 0) is 4.79 Å². The lowest BCUT2D eigenvalue weighted by molar-refractivity contribution is -0.142. The summed E-state index contributed by atoms with van der Waals surface area (Å²) < 4.78 is 0. The van der Waals surface area contributed by atoms with Crippen molar-refractivity contribution in [2.45, 2.75) is 46.1 Å². The minimum Gasteiger partial charge on any atom is -0.480 e. The molecule has 82 valence electrons. The maximum atomic E-state index is 10.8. The lowest BCUT2D eigenvalue weighted by Gasteiger charge is -2.25. The molecule has 0 saturated carbocycles. The number of likely N-dealkylation sites (tertiary alicyclic amines) is 1. The van der Waals surface area contributed by atoms with E-state index in [0.29, 0.717) is 5.41 Å². The molecule has 0 spiro atoms. The zero-order valence-corrected chi connectivity index (χ0v) is 9.42. The number of carboxylic acids is 1. The van der Waals surface area contributed by atoms with Gasteiger partial charge < -0.3 is 5.11 Å². The molecule has 0 aliphatic carbocycles. The molecular weight excluding hydrogens is 178 g/mol. The van der Waals surface area contributed by atoms with Crippen molar-refractivity contribution in [1.82, 2.24) is 4.90 Å². The molecule has 1 heterocycles. The fourth-order valence-corrected chi connectivity index (χ4v) is 1.99. The number of nitrogens with zero attached hydrogens (tertiary/aromatic N) is 1. The van der Waals surface area contributed by atoms with Crippen molar-refractivity contribution in [3.8, 4) is 0 Å². The van der Waals surface area contributed by atoms with Gasteiger partial charge in [-0.25, -0.2) is 0 Å². The van der Waals surface area contributed by atoms with Crippen molar-refractivity contribution in [1.29, 1.82) is 0 Å². The number of hydrogen-bond acceptors (Lipinski definition) is 2. The largest absolute Gasteiger partial charge is 0.480 e. The Morgan fingerprint density at radius 3 is 2.57 bits per heavy atom. The first-order chi connectivity index (χ1) is 6.42. The zero-order chi connectivity index (χ0) is 10.8. The van der Waals surface area contributed by atoms with E-state index in [1.54, 1.807) is 6.92 Å². The third-order valence-electron chi connectivity index (χ3n) is 3.28. The molecule has 0 bridgehead atoms. The van der Waals surface area contributed by atoms with Crippen LogP contribution in [-0.4, -0.2) is 35.1 Å². The van der Waals surface area contributed by atoms with E-state index in [1.807, 2.05) is 0 Å². The maximum absolute atomic E-state index is 10.8. The van der Waals surface area contributed by atoms with Crippen LogP contribution in [0, 0.1) is 5.41 Å². The van der Waals surface area contributed by atoms with Gasteiger partial charge in [0.1, 0.15) is 6.04 Å². The van der Waals surface area contributed by atoms with Crippen LogP contribution in [0.25, 0.3) is 0 Å². The summed E-state index contributed by atoms with van der Waals surface area (Å²) >= 11 is 0. The predicted molar refractivity (Wildman–Crippen MR) is 56.3 cm³/mol. The Balaban J connectivity index is 2.54. The van der Waals surface area contributed by atoms with Gasteiger partial charge in [0.05, 0.1) is 0 Å².